The second-order valence-electron chi connectivity index (χ2n) is 7.34. The summed E-state index contributed by atoms with van der Waals surface area (Å²) in [7, 11) is 1.55. The Hall–Kier alpha value is -3.55. The first-order chi connectivity index (χ1) is 15.0. The first-order valence-corrected chi connectivity index (χ1v) is 10.2. The third kappa shape index (κ3) is 6.21. The molecule has 0 radical (unpaired) electrons. The average molecular weight is 425 g/mol. The highest BCUT2D eigenvalue weighted by Gasteiger charge is 2.25. The van der Waals surface area contributed by atoms with E-state index in [1.54, 1.807) is 48.4 Å². The van der Waals surface area contributed by atoms with Crippen molar-refractivity contribution in [3.8, 4) is 11.5 Å². The third-order valence-electron chi connectivity index (χ3n) is 5.01. The van der Waals surface area contributed by atoms with Gasteiger partial charge in [-0.2, -0.15) is 0 Å². The molecule has 0 aliphatic carbocycles. The van der Waals surface area contributed by atoms with Crippen molar-refractivity contribution in [1.82, 2.24) is 10.2 Å². The highest BCUT2D eigenvalue weighted by molar-refractivity contribution is 5.96. The minimum atomic E-state index is -0.210. The van der Waals surface area contributed by atoms with Crippen LogP contribution in [0.15, 0.2) is 48.5 Å². The number of piperidine rings is 1. The summed E-state index contributed by atoms with van der Waals surface area (Å²) >= 11 is 0. The third-order valence-corrected chi connectivity index (χ3v) is 5.01. The van der Waals surface area contributed by atoms with Crippen LogP contribution in [0.25, 0.3) is 0 Å². The number of ether oxygens (including phenoxy) is 2. The van der Waals surface area contributed by atoms with Crippen molar-refractivity contribution in [3.05, 3.63) is 54.1 Å². The standard InChI is InChI=1S/C23H27N3O5/c1-16(27)24-19-7-5-6-17(14-19)23(29)26-12-10-18(11-13-26)25-22(28)15-31-21-9-4-3-8-20(21)30-2/h3-9,14,18H,10-13,15H2,1-2H3,(H,24,27)(H,25,28). The predicted octanol–water partition coefficient (Wildman–Crippen LogP) is 2.45. The van der Waals surface area contributed by atoms with Gasteiger partial charge in [0.05, 0.1) is 7.11 Å². The molecule has 0 saturated carbocycles. The van der Waals surface area contributed by atoms with E-state index in [1.807, 2.05) is 12.1 Å². The molecule has 0 bridgehead atoms. The van der Waals surface area contributed by atoms with Crippen LogP contribution in [-0.4, -0.2) is 55.5 Å². The Kier molecular flexibility index (Phi) is 7.48. The number of anilines is 1. The summed E-state index contributed by atoms with van der Waals surface area (Å²) in [5.41, 5.74) is 1.12. The minimum Gasteiger partial charge on any atom is -0.493 e. The number of amides is 3. The molecule has 8 heteroatoms. The molecule has 3 amide bonds. The number of rotatable bonds is 7. The lowest BCUT2D eigenvalue weighted by molar-refractivity contribution is -0.124. The molecule has 164 valence electrons. The van der Waals surface area contributed by atoms with Gasteiger partial charge in [-0.25, -0.2) is 0 Å². The van der Waals surface area contributed by atoms with Crippen molar-refractivity contribution in [2.45, 2.75) is 25.8 Å². The fourth-order valence-corrected chi connectivity index (χ4v) is 3.49. The van der Waals surface area contributed by atoms with Crippen LogP contribution in [0.4, 0.5) is 5.69 Å². The highest BCUT2D eigenvalue weighted by atomic mass is 16.5. The van der Waals surface area contributed by atoms with Crippen LogP contribution in [0.5, 0.6) is 11.5 Å². The van der Waals surface area contributed by atoms with Crippen molar-refractivity contribution in [2.24, 2.45) is 0 Å². The van der Waals surface area contributed by atoms with Crippen molar-refractivity contribution >= 4 is 23.4 Å². The minimum absolute atomic E-state index is 0.0106. The van der Waals surface area contributed by atoms with Gasteiger partial charge < -0.3 is 25.0 Å². The Bertz CT molecular complexity index is 938. The molecule has 1 aliphatic rings. The van der Waals surface area contributed by atoms with Crippen LogP contribution in [0.3, 0.4) is 0 Å². The number of methoxy groups -OCH3 is 1. The van der Waals surface area contributed by atoms with Crippen LogP contribution in [-0.2, 0) is 9.59 Å². The van der Waals surface area contributed by atoms with Crippen molar-refractivity contribution in [1.29, 1.82) is 0 Å². The number of likely N-dealkylation sites (tertiary alicyclic amines) is 1. The van der Waals surface area contributed by atoms with E-state index in [2.05, 4.69) is 10.6 Å². The fraction of sp³-hybridized carbons (Fsp3) is 0.348. The lowest BCUT2D eigenvalue weighted by Gasteiger charge is -2.32. The molecule has 1 heterocycles. The molecule has 0 atom stereocenters. The number of hydrogen-bond acceptors (Lipinski definition) is 5. The maximum absolute atomic E-state index is 12.8. The Morgan fingerprint density at radius 2 is 1.74 bits per heavy atom. The molecule has 2 N–H and O–H groups in total. The van der Waals surface area contributed by atoms with Crippen molar-refractivity contribution < 1.29 is 23.9 Å². The number of carbonyl (C=O) groups excluding carboxylic acids is 3. The van der Waals surface area contributed by atoms with Crippen LogP contribution >= 0.6 is 0 Å². The van der Waals surface area contributed by atoms with Gasteiger partial charge in [0.15, 0.2) is 18.1 Å². The van der Waals surface area contributed by atoms with Gasteiger partial charge in [0.1, 0.15) is 0 Å². The Labute approximate surface area is 181 Å². The van der Waals surface area contributed by atoms with Crippen molar-refractivity contribution in [2.75, 3.05) is 32.1 Å². The second-order valence-corrected chi connectivity index (χ2v) is 7.34. The van der Waals surface area contributed by atoms with Gasteiger partial charge in [-0.1, -0.05) is 18.2 Å². The molecule has 1 fully saturated rings. The number of para-hydroxylation sites is 2. The molecule has 2 aromatic rings. The number of hydrogen-bond donors (Lipinski definition) is 2. The summed E-state index contributed by atoms with van der Waals surface area (Å²) in [6.07, 6.45) is 1.33. The zero-order chi connectivity index (χ0) is 22.2. The van der Waals surface area contributed by atoms with E-state index in [4.69, 9.17) is 9.47 Å². The quantitative estimate of drug-likeness (QED) is 0.710. The van der Waals surface area contributed by atoms with Gasteiger partial charge in [0.25, 0.3) is 11.8 Å². The van der Waals surface area contributed by atoms with Crippen LogP contribution in [0.2, 0.25) is 0 Å². The lowest BCUT2D eigenvalue weighted by Crippen LogP contribution is -2.47. The summed E-state index contributed by atoms with van der Waals surface area (Å²) in [5, 5.41) is 5.65. The summed E-state index contributed by atoms with van der Waals surface area (Å²) in [6, 6.07) is 14.0. The molecule has 3 rings (SSSR count). The Balaban J connectivity index is 1.46. The number of nitrogens with one attached hydrogen (secondary N) is 2. The van der Waals surface area contributed by atoms with E-state index in [9.17, 15) is 14.4 Å². The summed E-state index contributed by atoms with van der Waals surface area (Å²) in [5.74, 6) is 0.609. The van der Waals surface area contributed by atoms with Crippen molar-refractivity contribution in [3.63, 3.8) is 0 Å². The molecule has 8 nitrogen and oxygen atoms in total. The van der Waals surface area contributed by atoms with Gasteiger partial charge in [-0.3, -0.25) is 14.4 Å². The zero-order valence-electron chi connectivity index (χ0n) is 17.7. The fourth-order valence-electron chi connectivity index (χ4n) is 3.49. The van der Waals surface area contributed by atoms with E-state index in [0.717, 1.165) is 0 Å². The molecule has 1 aliphatic heterocycles. The normalized spacial score (nSPS) is 13.9. The second kappa shape index (κ2) is 10.5. The van der Waals surface area contributed by atoms with E-state index in [-0.39, 0.29) is 30.4 Å². The van der Waals surface area contributed by atoms with Gasteiger partial charge >= 0.3 is 0 Å². The Morgan fingerprint density at radius 1 is 1.03 bits per heavy atom. The molecular formula is C23H27N3O5. The molecule has 31 heavy (non-hydrogen) atoms. The van der Waals surface area contributed by atoms with Crippen LogP contribution in [0.1, 0.15) is 30.1 Å². The largest absolute Gasteiger partial charge is 0.493 e. The van der Waals surface area contributed by atoms with Gasteiger partial charge in [0.2, 0.25) is 5.91 Å². The van der Waals surface area contributed by atoms with E-state index in [1.165, 1.54) is 6.92 Å². The molecule has 0 spiro atoms. The van der Waals surface area contributed by atoms with Crippen LogP contribution in [0, 0.1) is 0 Å². The average Bonchev–Trinajstić information content (AvgIpc) is 2.77. The number of nitrogens with zero attached hydrogens (tertiary/aromatic N) is 1. The first-order valence-electron chi connectivity index (χ1n) is 10.2. The Morgan fingerprint density at radius 3 is 2.42 bits per heavy atom. The zero-order valence-corrected chi connectivity index (χ0v) is 17.7. The van der Waals surface area contributed by atoms with E-state index >= 15 is 0 Å². The highest BCUT2D eigenvalue weighted by Crippen LogP contribution is 2.25. The van der Waals surface area contributed by atoms with Gasteiger partial charge in [-0.05, 0) is 43.2 Å². The number of benzene rings is 2. The smallest absolute Gasteiger partial charge is 0.258 e. The molecule has 1 saturated heterocycles. The number of carbonyl (C=O) groups is 3. The SMILES string of the molecule is COc1ccccc1OCC(=O)NC1CCN(C(=O)c2cccc(NC(C)=O)c2)CC1. The predicted molar refractivity (Wildman–Crippen MR) is 116 cm³/mol. The van der Waals surface area contributed by atoms with E-state index < -0.39 is 0 Å². The van der Waals surface area contributed by atoms with Gasteiger partial charge in [0, 0.05) is 37.3 Å². The monoisotopic (exact) mass is 425 g/mol. The summed E-state index contributed by atoms with van der Waals surface area (Å²) in [4.78, 5) is 38.0. The molecule has 2 aromatic carbocycles. The summed E-state index contributed by atoms with van der Waals surface area (Å²) in [6.45, 7) is 2.41. The first kappa shape index (κ1) is 22.1. The molecular weight excluding hydrogens is 398 g/mol. The molecule has 0 unspecified atom stereocenters. The van der Waals surface area contributed by atoms with Crippen LogP contribution < -0.4 is 20.1 Å². The lowest BCUT2D eigenvalue weighted by atomic mass is 10.0. The maximum atomic E-state index is 12.8. The maximum Gasteiger partial charge on any atom is 0.258 e. The topological polar surface area (TPSA) is 97.0 Å². The molecule has 0 aromatic heterocycles. The summed E-state index contributed by atoms with van der Waals surface area (Å²) < 4.78 is 10.8. The van der Waals surface area contributed by atoms with E-state index in [0.29, 0.717) is 48.7 Å². The van der Waals surface area contributed by atoms with Gasteiger partial charge in [-0.15, -0.1) is 0 Å².